The highest BCUT2D eigenvalue weighted by Crippen LogP contribution is 2.32. The molecule has 114 valence electrons. The Bertz CT molecular complexity index is 511. The number of ether oxygens (including phenoxy) is 1. The minimum absolute atomic E-state index is 0.150. The van der Waals surface area contributed by atoms with Gasteiger partial charge in [0.25, 0.3) is 5.91 Å². The van der Waals surface area contributed by atoms with E-state index in [-0.39, 0.29) is 18.4 Å². The van der Waals surface area contributed by atoms with Crippen molar-refractivity contribution in [3.05, 3.63) is 28.2 Å². The number of carbonyl (C=O) groups excluding carboxylic acids is 2. The van der Waals surface area contributed by atoms with E-state index < -0.39 is 11.9 Å². The Morgan fingerprint density at radius 3 is 2.43 bits per heavy atom. The van der Waals surface area contributed by atoms with Crippen LogP contribution in [0, 0.1) is 0 Å². The van der Waals surface area contributed by atoms with Gasteiger partial charge in [-0.05, 0) is 25.0 Å². The first-order valence-corrected chi connectivity index (χ1v) is 7.49. The highest BCUT2D eigenvalue weighted by molar-refractivity contribution is 6.37. The van der Waals surface area contributed by atoms with Crippen molar-refractivity contribution in [2.75, 3.05) is 6.61 Å². The molecular formula is C14H16Cl2N2O3. The first kappa shape index (κ1) is 15.9. The predicted molar refractivity (Wildman–Crippen MR) is 80.9 cm³/mol. The molecule has 2 N–H and O–H groups in total. The van der Waals surface area contributed by atoms with Crippen LogP contribution in [-0.2, 0) is 4.79 Å². The molecule has 5 nitrogen and oxygen atoms in total. The van der Waals surface area contributed by atoms with Gasteiger partial charge >= 0.3 is 6.03 Å². The molecule has 0 radical (unpaired) electrons. The van der Waals surface area contributed by atoms with Gasteiger partial charge in [-0.15, -0.1) is 0 Å². The molecule has 0 saturated heterocycles. The molecule has 1 fully saturated rings. The van der Waals surface area contributed by atoms with Crippen LogP contribution in [0.5, 0.6) is 5.75 Å². The van der Waals surface area contributed by atoms with Gasteiger partial charge in [-0.25, -0.2) is 4.79 Å². The third-order valence-electron chi connectivity index (χ3n) is 3.21. The lowest BCUT2D eigenvalue weighted by molar-refractivity contribution is -0.122. The average Bonchev–Trinajstić information content (AvgIpc) is 2.90. The van der Waals surface area contributed by atoms with Gasteiger partial charge in [0.2, 0.25) is 0 Å². The Morgan fingerprint density at radius 2 is 1.81 bits per heavy atom. The third kappa shape index (κ3) is 4.79. The monoisotopic (exact) mass is 330 g/mol. The fraction of sp³-hybridized carbons (Fsp3) is 0.429. The van der Waals surface area contributed by atoms with Crippen LogP contribution in [0.2, 0.25) is 10.0 Å². The molecule has 1 aliphatic rings. The van der Waals surface area contributed by atoms with Gasteiger partial charge in [0.05, 0.1) is 10.0 Å². The molecule has 3 amide bonds. The van der Waals surface area contributed by atoms with Gasteiger partial charge in [-0.2, -0.15) is 0 Å². The summed E-state index contributed by atoms with van der Waals surface area (Å²) in [5.41, 5.74) is 0. The van der Waals surface area contributed by atoms with Gasteiger partial charge in [0.1, 0.15) is 0 Å². The molecule has 0 heterocycles. The standard InChI is InChI=1S/C14H16Cl2N2O3/c15-10-6-3-7-11(16)13(10)21-8-12(19)18-14(20)17-9-4-1-2-5-9/h3,6-7,9H,1-2,4-5,8H2,(H2,17,18,19,20). The summed E-state index contributed by atoms with van der Waals surface area (Å²) in [6, 6.07) is 4.53. The topological polar surface area (TPSA) is 67.4 Å². The molecule has 1 aliphatic carbocycles. The molecule has 0 aliphatic heterocycles. The minimum Gasteiger partial charge on any atom is -0.481 e. The summed E-state index contributed by atoms with van der Waals surface area (Å²) in [6.45, 7) is -0.332. The lowest BCUT2D eigenvalue weighted by Crippen LogP contribution is -2.45. The molecule has 0 bridgehead atoms. The van der Waals surface area contributed by atoms with Crippen molar-refractivity contribution in [3.8, 4) is 5.75 Å². The second kappa shape index (κ2) is 7.52. The van der Waals surface area contributed by atoms with E-state index in [9.17, 15) is 9.59 Å². The molecule has 0 atom stereocenters. The van der Waals surface area contributed by atoms with Crippen LogP contribution < -0.4 is 15.4 Å². The number of rotatable bonds is 4. The fourth-order valence-electron chi connectivity index (χ4n) is 2.21. The van der Waals surface area contributed by atoms with Crippen molar-refractivity contribution in [3.63, 3.8) is 0 Å². The zero-order valence-corrected chi connectivity index (χ0v) is 12.8. The number of urea groups is 1. The molecule has 2 rings (SSSR count). The Morgan fingerprint density at radius 1 is 1.19 bits per heavy atom. The van der Waals surface area contributed by atoms with Gasteiger partial charge in [-0.3, -0.25) is 10.1 Å². The summed E-state index contributed by atoms with van der Waals surface area (Å²) in [5.74, 6) is -0.325. The Hall–Kier alpha value is -1.46. The highest BCUT2D eigenvalue weighted by atomic mass is 35.5. The summed E-state index contributed by atoms with van der Waals surface area (Å²) >= 11 is 11.8. The molecule has 7 heteroatoms. The minimum atomic E-state index is -0.554. The molecular weight excluding hydrogens is 315 g/mol. The molecule has 0 spiro atoms. The molecule has 1 aromatic carbocycles. The van der Waals surface area contributed by atoms with Gasteiger partial charge < -0.3 is 10.1 Å². The quantitative estimate of drug-likeness (QED) is 0.891. The second-order valence-corrected chi connectivity index (χ2v) is 5.66. The normalized spacial score (nSPS) is 14.8. The number of hydrogen-bond acceptors (Lipinski definition) is 3. The van der Waals surface area contributed by atoms with Crippen LogP contribution in [-0.4, -0.2) is 24.6 Å². The van der Waals surface area contributed by atoms with E-state index in [1.165, 1.54) is 0 Å². The summed E-state index contributed by atoms with van der Waals surface area (Å²) in [7, 11) is 0. The Kier molecular flexibility index (Phi) is 5.70. The highest BCUT2D eigenvalue weighted by Gasteiger charge is 2.18. The first-order chi connectivity index (χ1) is 10.1. The van der Waals surface area contributed by atoms with Crippen molar-refractivity contribution in [1.29, 1.82) is 0 Å². The van der Waals surface area contributed by atoms with E-state index in [0.29, 0.717) is 10.0 Å². The van der Waals surface area contributed by atoms with E-state index in [0.717, 1.165) is 25.7 Å². The van der Waals surface area contributed by atoms with Crippen LogP contribution in [0.15, 0.2) is 18.2 Å². The zero-order chi connectivity index (χ0) is 15.2. The lowest BCUT2D eigenvalue weighted by Gasteiger charge is -2.13. The molecule has 0 aromatic heterocycles. The van der Waals surface area contributed by atoms with Crippen LogP contribution in [0.25, 0.3) is 0 Å². The molecule has 0 unspecified atom stereocenters. The Balaban J connectivity index is 1.78. The zero-order valence-electron chi connectivity index (χ0n) is 11.3. The number of nitrogens with one attached hydrogen (secondary N) is 2. The van der Waals surface area contributed by atoms with E-state index in [1.807, 2.05) is 0 Å². The third-order valence-corrected chi connectivity index (χ3v) is 3.81. The average molecular weight is 331 g/mol. The van der Waals surface area contributed by atoms with Crippen molar-refractivity contribution < 1.29 is 14.3 Å². The van der Waals surface area contributed by atoms with E-state index in [1.54, 1.807) is 18.2 Å². The summed E-state index contributed by atoms with van der Waals surface area (Å²) in [5, 5.41) is 5.59. The number of para-hydroxylation sites is 1. The second-order valence-electron chi connectivity index (χ2n) is 4.84. The number of benzene rings is 1. The lowest BCUT2D eigenvalue weighted by atomic mass is 10.2. The Labute approximate surface area is 132 Å². The summed E-state index contributed by atoms with van der Waals surface area (Å²) < 4.78 is 5.24. The largest absolute Gasteiger partial charge is 0.481 e. The number of hydrogen-bond donors (Lipinski definition) is 2. The van der Waals surface area contributed by atoms with E-state index in [4.69, 9.17) is 27.9 Å². The van der Waals surface area contributed by atoms with Gasteiger partial charge in [0, 0.05) is 6.04 Å². The number of amides is 3. The number of halogens is 2. The molecule has 21 heavy (non-hydrogen) atoms. The fourth-order valence-corrected chi connectivity index (χ4v) is 2.72. The summed E-state index contributed by atoms with van der Waals surface area (Å²) in [4.78, 5) is 23.2. The smallest absolute Gasteiger partial charge is 0.321 e. The van der Waals surface area contributed by atoms with Crippen LogP contribution in [0.3, 0.4) is 0 Å². The van der Waals surface area contributed by atoms with Crippen LogP contribution >= 0.6 is 23.2 Å². The van der Waals surface area contributed by atoms with Crippen molar-refractivity contribution in [1.82, 2.24) is 10.6 Å². The van der Waals surface area contributed by atoms with Gasteiger partial charge in [-0.1, -0.05) is 42.1 Å². The van der Waals surface area contributed by atoms with Crippen molar-refractivity contribution in [2.24, 2.45) is 0 Å². The maximum Gasteiger partial charge on any atom is 0.321 e. The van der Waals surface area contributed by atoms with E-state index >= 15 is 0 Å². The van der Waals surface area contributed by atoms with Crippen molar-refractivity contribution >= 4 is 35.1 Å². The predicted octanol–water partition coefficient (Wildman–Crippen LogP) is 3.14. The summed E-state index contributed by atoms with van der Waals surface area (Å²) in [6.07, 6.45) is 4.11. The van der Waals surface area contributed by atoms with Crippen molar-refractivity contribution in [2.45, 2.75) is 31.7 Å². The molecule has 1 saturated carbocycles. The van der Waals surface area contributed by atoms with E-state index in [2.05, 4.69) is 10.6 Å². The van der Waals surface area contributed by atoms with Crippen LogP contribution in [0.4, 0.5) is 4.79 Å². The molecule has 1 aromatic rings. The maximum atomic E-state index is 11.6. The maximum absolute atomic E-state index is 11.6. The van der Waals surface area contributed by atoms with Gasteiger partial charge in [0.15, 0.2) is 12.4 Å². The number of imide groups is 1. The van der Waals surface area contributed by atoms with Crippen LogP contribution in [0.1, 0.15) is 25.7 Å². The number of carbonyl (C=O) groups is 2. The first-order valence-electron chi connectivity index (χ1n) is 6.73. The SMILES string of the molecule is O=C(COc1c(Cl)cccc1Cl)NC(=O)NC1CCCC1.